The largest absolute Gasteiger partial charge is 0.456 e. The first-order valence-electron chi connectivity index (χ1n) is 15.6. The summed E-state index contributed by atoms with van der Waals surface area (Å²) in [6, 6.07) is 37.6. The van der Waals surface area contributed by atoms with Gasteiger partial charge in [-0.05, 0) is 71.8 Å². The van der Waals surface area contributed by atoms with E-state index in [1.54, 1.807) is 0 Å². The second kappa shape index (κ2) is 9.05. The van der Waals surface area contributed by atoms with Crippen LogP contribution in [0.5, 0.6) is 0 Å². The van der Waals surface area contributed by atoms with Gasteiger partial charge in [-0.3, -0.25) is 9.97 Å². The molecule has 0 unspecified atom stereocenters. The molecule has 0 fully saturated rings. The van der Waals surface area contributed by atoms with Crippen molar-refractivity contribution in [3.8, 4) is 22.3 Å². The highest BCUT2D eigenvalue weighted by Gasteiger charge is 2.23. The molecule has 0 N–H and O–H groups in total. The van der Waals surface area contributed by atoms with Crippen LogP contribution in [-0.4, -0.2) is 9.97 Å². The molecule has 6 aromatic carbocycles. The van der Waals surface area contributed by atoms with Crippen molar-refractivity contribution in [1.82, 2.24) is 9.97 Å². The van der Waals surface area contributed by atoms with E-state index in [4.69, 9.17) is 13.3 Å². The molecule has 0 radical (unpaired) electrons. The summed E-state index contributed by atoms with van der Waals surface area (Å²) < 4.78 is 19.7. The first kappa shape index (κ1) is 24.8. The van der Waals surface area contributed by atoms with Crippen LogP contribution in [0.4, 0.5) is 0 Å². The molecule has 11 aromatic rings. The Morgan fingerprint density at radius 3 is 1.32 bits per heavy atom. The standard InChI is InChI=1S/C42H22N2O3/c1-3-11-33-25(9-1)39-35(45-33)15-13-27-37(39)29(23-7-5-17-43-21-23)19-31-32-20-30(24-8-6-18-44-22-24)38-28(42(32)47-41(27)31)14-16-36-40(38)26-10-2-4-12-34(26)46-36/h1-22H. The molecule has 0 amide bonds. The summed E-state index contributed by atoms with van der Waals surface area (Å²) in [5.74, 6) is 0. The lowest BCUT2D eigenvalue weighted by Gasteiger charge is -2.10. The molecule has 5 nitrogen and oxygen atoms in total. The average molecular weight is 603 g/mol. The molecular formula is C42H22N2O3. The Balaban J connectivity index is 1.38. The molecule has 5 heterocycles. The molecule has 5 heteroatoms. The minimum Gasteiger partial charge on any atom is -0.456 e. The van der Waals surface area contributed by atoms with Gasteiger partial charge in [-0.2, -0.15) is 0 Å². The topological polar surface area (TPSA) is 65.2 Å². The van der Waals surface area contributed by atoms with E-state index in [1.807, 2.05) is 61.2 Å². The smallest absolute Gasteiger partial charge is 0.143 e. The zero-order valence-corrected chi connectivity index (χ0v) is 24.8. The van der Waals surface area contributed by atoms with Crippen molar-refractivity contribution < 1.29 is 13.3 Å². The molecule has 0 bridgehead atoms. The minimum absolute atomic E-state index is 0.844. The van der Waals surface area contributed by atoms with Gasteiger partial charge in [0, 0.05) is 89.8 Å². The minimum atomic E-state index is 0.844. The maximum absolute atomic E-state index is 7.04. The molecule has 47 heavy (non-hydrogen) atoms. The first-order valence-corrected chi connectivity index (χ1v) is 15.6. The highest BCUT2D eigenvalue weighted by Crippen LogP contribution is 2.49. The van der Waals surface area contributed by atoms with Crippen molar-refractivity contribution >= 4 is 87.4 Å². The maximum atomic E-state index is 7.04. The van der Waals surface area contributed by atoms with E-state index >= 15 is 0 Å². The highest BCUT2D eigenvalue weighted by molar-refractivity contribution is 6.33. The van der Waals surface area contributed by atoms with Crippen LogP contribution in [0.1, 0.15) is 0 Å². The van der Waals surface area contributed by atoms with Crippen LogP contribution in [0.3, 0.4) is 0 Å². The predicted octanol–water partition coefficient (Wildman–Crippen LogP) is 11.8. The second-order valence-corrected chi connectivity index (χ2v) is 12.1. The molecule has 0 aliphatic heterocycles. The van der Waals surface area contributed by atoms with Gasteiger partial charge in [0.15, 0.2) is 0 Å². The Kier molecular flexibility index (Phi) is 4.78. The maximum Gasteiger partial charge on any atom is 0.143 e. The number of pyridine rings is 2. The first-order chi connectivity index (χ1) is 23.3. The van der Waals surface area contributed by atoms with Crippen molar-refractivity contribution in [3.63, 3.8) is 0 Å². The summed E-state index contributed by atoms with van der Waals surface area (Å²) >= 11 is 0. The Labute approximate surface area is 266 Å². The number of benzene rings is 6. The number of para-hydroxylation sites is 2. The number of furan rings is 3. The van der Waals surface area contributed by atoms with Gasteiger partial charge in [-0.1, -0.05) is 48.5 Å². The van der Waals surface area contributed by atoms with Crippen LogP contribution in [0.15, 0.2) is 147 Å². The van der Waals surface area contributed by atoms with Crippen LogP contribution in [0.25, 0.3) is 110 Å². The molecule has 0 aliphatic rings. The normalized spacial score (nSPS) is 12.3. The lowest BCUT2D eigenvalue weighted by molar-refractivity contribution is 0.669. The van der Waals surface area contributed by atoms with Crippen LogP contribution in [0, 0.1) is 0 Å². The van der Waals surface area contributed by atoms with Crippen LogP contribution in [-0.2, 0) is 0 Å². The molecule has 0 saturated carbocycles. The van der Waals surface area contributed by atoms with E-state index in [0.717, 1.165) is 110 Å². The third-order valence-corrected chi connectivity index (χ3v) is 9.62. The van der Waals surface area contributed by atoms with Gasteiger partial charge >= 0.3 is 0 Å². The summed E-state index contributed by atoms with van der Waals surface area (Å²) in [7, 11) is 0. The summed E-state index contributed by atoms with van der Waals surface area (Å²) in [6.45, 7) is 0. The fraction of sp³-hybridized carbons (Fsp3) is 0. The Morgan fingerprint density at radius 2 is 0.851 bits per heavy atom. The van der Waals surface area contributed by atoms with Gasteiger partial charge in [0.25, 0.3) is 0 Å². The molecule has 0 spiro atoms. The van der Waals surface area contributed by atoms with Gasteiger partial charge in [0.2, 0.25) is 0 Å². The van der Waals surface area contributed by atoms with E-state index in [2.05, 4.69) is 82.8 Å². The highest BCUT2D eigenvalue weighted by atomic mass is 16.3. The molecule has 0 atom stereocenters. The van der Waals surface area contributed by atoms with Gasteiger partial charge in [0.1, 0.15) is 33.5 Å². The summed E-state index contributed by atoms with van der Waals surface area (Å²) in [5, 5.41) is 10.6. The summed E-state index contributed by atoms with van der Waals surface area (Å²) in [5.41, 5.74) is 9.33. The van der Waals surface area contributed by atoms with E-state index in [-0.39, 0.29) is 0 Å². The van der Waals surface area contributed by atoms with Gasteiger partial charge < -0.3 is 13.3 Å². The zero-order valence-electron chi connectivity index (χ0n) is 24.8. The van der Waals surface area contributed by atoms with Crippen molar-refractivity contribution in [1.29, 1.82) is 0 Å². The number of rotatable bonds is 2. The van der Waals surface area contributed by atoms with Crippen LogP contribution < -0.4 is 0 Å². The summed E-state index contributed by atoms with van der Waals surface area (Å²) in [6.07, 6.45) is 7.49. The van der Waals surface area contributed by atoms with E-state index in [9.17, 15) is 0 Å². The van der Waals surface area contributed by atoms with Crippen LogP contribution >= 0.6 is 0 Å². The third kappa shape index (κ3) is 3.32. The third-order valence-electron chi connectivity index (χ3n) is 9.62. The number of aromatic nitrogens is 2. The molecule has 5 aromatic heterocycles. The van der Waals surface area contributed by atoms with Crippen molar-refractivity contribution in [3.05, 3.63) is 134 Å². The number of fused-ring (bicyclic) bond motifs is 15. The fourth-order valence-electron chi connectivity index (χ4n) is 7.65. The predicted molar refractivity (Wildman–Crippen MR) is 190 cm³/mol. The molecule has 0 aliphatic carbocycles. The molecule has 0 saturated heterocycles. The molecule has 11 rings (SSSR count). The van der Waals surface area contributed by atoms with Crippen molar-refractivity contribution in [2.45, 2.75) is 0 Å². The Morgan fingerprint density at radius 1 is 0.362 bits per heavy atom. The van der Waals surface area contributed by atoms with Gasteiger partial charge in [-0.25, -0.2) is 0 Å². The number of hydrogen-bond acceptors (Lipinski definition) is 5. The second-order valence-electron chi connectivity index (χ2n) is 12.1. The molecule has 218 valence electrons. The Hall–Kier alpha value is -6.46. The zero-order chi connectivity index (χ0) is 30.6. The van der Waals surface area contributed by atoms with Crippen molar-refractivity contribution in [2.75, 3.05) is 0 Å². The Bertz CT molecular complexity index is 2850. The monoisotopic (exact) mass is 602 g/mol. The van der Waals surface area contributed by atoms with E-state index in [1.165, 1.54) is 0 Å². The van der Waals surface area contributed by atoms with Gasteiger partial charge in [0.05, 0.1) is 0 Å². The average Bonchev–Trinajstić information content (AvgIpc) is 3.82. The van der Waals surface area contributed by atoms with E-state index in [0.29, 0.717) is 0 Å². The lowest BCUT2D eigenvalue weighted by atomic mass is 9.91. The fourth-order valence-corrected chi connectivity index (χ4v) is 7.65. The van der Waals surface area contributed by atoms with Crippen molar-refractivity contribution in [2.24, 2.45) is 0 Å². The number of nitrogens with zero attached hydrogens (tertiary/aromatic N) is 2. The number of hydrogen-bond donors (Lipinski definition) is 0. The quantitative estimate of drug-likeness (QED) is 0.197. The van der Waals surface area contributed by atoms with Crippen LogP contribution in [0.2, 0.25) is 0 Å². The van der Waals surface area contributed by atoms with E-state index < -0.39 is 0 Å². The summed E-state index contributed by atoms with van der Waals surface area (Å²) in [4.78, 5) is 9.02. The molecular weight excluding hydrogens is 580 g/mol. The SMILES string of the molecule is c1cncc(-c2cc3c4cc(-c5cccnc5)c5c(ccc6oc7ccccc7c65)c4oc3c3ccc4oc5ccccc5c4c23)c1. The van der Waals surface area contributed by atoms with Gasteiger partial charge in [-0.15, -0.1) is 0 Å². The lowest BCUT2D eigenvalue weighted by Crippen LogP contribution is -1.86.